The fraction of sp³-hybridized carbons (Fsp3) is 0.882. The fourth-order valence-electron chi connectivity index (χ4n) is 4.33. The number of carbonyl (C=O) groups excluding carboxylic acids is 4. The molecule has 19 heteroatoms. The zero-order valence-corrected chi connectivity index (χ0v) is 33.7. The molecule has 53 heavy (non-hydrogen) atoms. The molecule has 0 bridgehead atoms. The third kappa shape index (κ3) is 31.0. The summed E-state index contributed by atoms with van der Waals surface area (Å²) in [7, 11) is -9.75. The second kappa shape index (κ2) is 31.3. The molecule has 0 heterocycles. The number of ether oxygens (including phenoxy) is 4. The highest BCUT2D eigenvalue weighted by atomic mass is 31.2. The Morgan fingerprint density at radius 3 is 1.25 bits per heavy atom. The molecule has 0 aromatic carbocycles. The maximum atomic E-state index is 12.5. The number of aliphatic hydroxyl groups excluding tert-OH is 1. The van der Waals surface area contributed by atoms with Crippen LogP contribution in [0, 0.1) is 0 Å². The van der Waals surface area contributed by atoms with Gasteiger partial charge in [0.1, 0.15) is 19.3 Å². The van der Waals surface area contributed by atoms with Crippen LogP contribution in [0.2, 0.25) is 0 Å². The number of carbonyl (C=O) groups is 4. The zero-order valence-electron chi connectivity index (χ0n) is 31.9. The summed E-state index contributed by atoms with van der Waals surface area (Å²) in [5.74, 6) is -2.31. The molecule has 0 amide bonds. The normalized spacial score (nSPS) is 15.4. The molecule has 0 aromatic rings. The Labute approximate surface area is 314 Å². The van der Waals surface area contributed by atoms with E-state index in [4.69, 9.17) is 37.0 Å². The summed E-state index contributed by atoms with van der Waals surface area (Å²) in [5.41, 5.74) is 0. The van der Waals surface area contributed by atoms with Crippen LogP contribution >= 0.6 is 15.6 Å². The van der Waals surface area contributed by atoms with Gasteiger partial charge >= 0.3 is 39.5 Å². The summed E-state index contributed by atoms with van der Waals surface area (Å²) >= 11 is 0. The van der Waals surface area contributed by atoms with E-state index in [1.165, 1.54) is 19.3 Å². The van der Waals surface area contributed by atoms with Crippen LogP contribution < -0.4 is 0 Å². The van der Waals surface area contributed by atoms with Gasteiger partial charge in [-0.15, -0.1) is 0 Å². The highest BCUT2D eigenvalue weighted by molar-refractivity contribution is 7.47. The lowest BCUT2D eigenvalue weighted by atomic mass is 10.1. The highest BCUT2D eigenvalue weighted by Crippen LogP contribution is 2.45. The third-order valence-electron chi connectivity index (χ3n) is 7.32. The summed E-state index contributed by atoms with van der Waals surface area (Å²) in [6, 6.07) is 0. The van der Waals surface area contributed by atoms with E-state index in [1.54, 1.807) is 6.92 Å². The topological polar surface area (TPSA) is 237 Å². The molecule has 0 radical (unpaired) electrons. The fourth-order valence-corrected chi connectivity index (χ4v) is 5.90. The van der Waals surface area contributed by atoms with E-state index in [-0.39, 0.29) is 25.7 Å². The van der Waals surface area contributed by atoms with Crippen LogP contribution in [0.1, 0.15) is 137 Å². The van der Waals surface area contributed by atoms with E-state index >= 15 is 0 Å². The van der Waals surface area contributed by atoms with Crippen LogP contribution in [0.3, 0.4) is 0 Å². The summed E-state index contributed by atoms with van der Waals surface area (Å²) in [6.45, 7) is 3.66. The first-order valence-electron chi connectivity index (χ1n) is 18.8. The van der Waals surface area contributed by atoms with E-state index in [1.807, 2.05) is 13.8 Å². The molecule has 2 unspecified atom stereocenters. The second-order valence-corrected chi connectivity index (χ2v) is 15.5. The molecule has 0 aliphatic carbocycles. The first-order chi connectivity index (χ1) is 25.2. The number of hydrogen-bond donors (Lipinski definition) is 3. The summed E-state index contributed by atoms with van der Waals surface area (Å²) < 4.78 is 64.9. The van der Waals surface area contributed by atoms with Gasteiger partial charge in [-0.2, -0.15) is 0 Å². The number of phosphoric acid groups is 2. The highest BCUT2D eigenvalue weighted by Gasteiger charge is 2.30. The molecule has 3 N–H and O–H groups in total. The first kappa shape index (κ1) is 51.1. The summed E-state index contributed by atoms with van der Waals surface area (Å²) in [4.78, 5) is 68.4. The predicted molar refractivity (Wildman–Crippen MR) is 192 cm³/mol. The van der Waals surface area contributed by atoms with Crippen molar-refractivity contribution >= 4 is 39.5 Å². The smallest absolute Gasteiger partial charge is 0.462 e. The molecule has 17 nitrogen and oxygen atoms in total. The van der Waals surface area contributed by atoms with Crippen molar-refractivity contribution in [1.29, 1.82) is 0 Å². The molecule has 0 saturated carbocycles. The molecule has 0 aliphatic rings. The Morgan fingerprint density at radius 1 is 0.453 bits per heavy atom. The van der Waals surface area contributed by atoms with E-state index in [2.05, 4.69) is 6.92 Å². The lowest BCUT2D eigenvalue weighted by Crippen LogP contribution is -2.30. The van der Waals surface area contributed by atoms with Crippen molar-refractivity contribution in [1.82, 2.24) is 0 Å². The monoisotopic (exact) mass is 806 g/mol. The number of unbranched alkanes of at least 4 members (excludes halogenated alkanes) is 9. The van der Waals surface area contributed by atoms with Gasteiger partial charge in [0.25, 0.3) is 0 Å². The molecular formula is C34H64O17P2. The molecule has 0 fully saturated rings. The van der Waals surface area contributed by atoms with Crippen molar-refractivity contribution in [3.8, 4) is 0 Å². The molecule has 5 atom stereocenters. The van der Waals surface area contributed by atoms with E-state index < -0.39 is 97.5 Å². The largest absolute Gasteiger partial charge is 0.472 e. The van der Waals surface area contributed by atoms with Gasteiger partial charge in [-0.25, -0.2) is 9.13 Å². The Bertz CT molecular complexity index is 1110. The van der Waals surface area contributed by atoms with Crippen LogP contribution in [0.25, 0.3) is 0 Å². The number of phosphoric ester groups is 2. The van der Waals surface area contributed by atoms with Crippen LogP contribution in [-0.4, -0.2) is 96.7 Å². The molecule has 0 spiro atoms. The van der Waals surface area contributed by atoms with Gasteiger partial charge in [-0.05, 0) is 25.7 Å². The van der Waals surface area contributed by atoms with Gasteiger partial charge in [0.05, 0.1) is 26.4 Å². The van der Waals surface area contributed by atoms with Crippen LogP contribution in [0.5, 0.6) is 0 Å². The maximum Gasteiger partial charge on any atom is 0.472 e. The van der Waals surface area contributed by atoms with Crippen molar-refractivity contribution in [3.05, 3.63) is 0 Å². The second-order valence-electron chi connectivity index (χ2n) is 12.5. The minimum atomic E-state index is -4.88. The lowest BCUT2D eigenvalue weighted by molar-refractivity contribution is -0.161. The molecule has 0 aromatic heterocycles. The molecular weight excluding hydrogens is 742 g/mol. The maximum absolute atomic E-state index is 12.5. The van der Waals surface area contributed by atoms with Gasteiger partial charge in [-0.1, -0.05) is 85.5 Å². The van der Waals surface area contributed by atoms with E-state index in [0.717, 1.165) is 38.5 Å². The Morgan fingerprint density at radius 2 is 0.811 bits per heavy atom. The van der Waals surface area contributed by atoms with Crippen molar-refractivity contribution < 1.29 is 80.2 Å². The molecule has 0 aliphatic heterocycles. The Kier molecular flexibility index (Phi) is 30.1. The van der Waals surface area contributed by atoms with Gasteiger partial charge in [0.15, 0.2) is 12.2 Å². The number of aliphatic hydroxyl groups is 1. The Balaban J connectivity index is 4.85. The first-order valence-corrected chi connectivity index (χ1v) is 21.8. The minimum Gasteiger partial charge on any atom is -0.462 e. The van der Waals surface area contributed by atoms with Crippen LogP contribution in [0.4, 0.5) is 0 Å². The predicted octanol–water partition coefficient (Wildman–Crippen LogP) is 6.24. The third-order valence-corrected chi connectivity index (χ3v) is 9.22. The van der Waals surface area contributed by atoms with E-state index in [0.29, 0.717) is 25.7 Å². The summed E-state index contributed by atoms with van der Waals surface area (Å²) in [6.07, 6.45) is 7.73. The van der Waals surface area contributed by atoms with Crippen molar-refractivity contribution in [2.24, 2.45) is 0 Å². The average molecular weight is 807 g/mol. The summed E-state index contributed by atoms with van der Waals surface area (Å²) in [5, 5.41) is 10.1. The van der Waals surface area contributed by atoms with Crippen molar-refractivity contribution in [2.75, 3.05) is 39.6 Å². The van der Waals surface area contributed by atoms with Gasteiger partial charge in [-0.3, -0.25) is 37.3 Å². The van der Waals surface area contributed by atoms with E-state index in [9.17, 15) is 43.2 Å². The standard InChI is InChI=1S/C34H64O17P2/c1-5-9-12-13-14-15-16-17-21-32(37)45-24-29(50-33(38)18-8-4)26-48-52(40,41)46-22-28(35)23-47-53(42,43)49-27-30(51-34(39)20-11-7-3)25-44-31(36)19-10-6-2/h28-30,35H,5-27H2,1-4H3,(H,40,41)(H,42,43)/t28-,29-,30-/m1/s1. The van der Waals surface area contributed by atoms with Gasteiger partial charge in [0.2, 0.25) is 0 Å². The molecule has 0 saturated heterocycles. The molecule has 0 rings (SSSR count). The lowest BCUT2D eigenvalue weighted by Gasteiger charge is -2.21. The zero-order chi connectivity index (χ0) is 40.0. The number of rotatable bonds is 35. The number of esters is 4. The van der Waals surface area contributed by atoms with Crippen molar-refractivity contribution in [3.63, 3.8) is 0 Å². The quantitative estimate of drug-likeness (QED) is 0.0278. The van der Waals surface area contributed by atoms with Gasteiger partial charge < -0.3 is 33.8 Å². The average Bonchev–Trinajstić information content (AvgIpc) is 3.11. The Hall–Kier alpha value is -1.94. The SMILES string of the molecule is CCCCCCCCCCC(=O)OC[C@H](COP(=O)(O)OC[C@@H](O)COP(=O)(O)OC[C@@H](COC(=O)CCCC)OC(=O)CCCC)OC(=O)CCC. The minimum absolute atomic E-state index is 0.0534. The molecule has 312 valence electrons. The number of hydrogen-bond acceptors (Lipinski definition) is 15. The van der Waals surface area contributed by atoms with Crippen LogP contribution in [0.15, 0.2) is 0 Å². The van der Waals surface area contributed by atoms with Crippen LogP contribution in [-0.2, 0) is 65.4 Å². The van der Waals surface area contributed by atoms with Crippen molar-refractivity contribution in [2.45, 2.75) is 155 Å². The van der Waals surface area contributed by atoms with Gasteiger partial charge in [0, 0.05) is 25.7 Å².